The second-order valence-corrected chi connectivity index (χ2v) is 5.00. The molecule has 2 aromatic rings. The van der Waals surface area contributed by atoms with E-state index < -0.39 is 0 Å². The van der Waals surface area contributed by atoms with Crippen LogP contribution in [-0.4, -0.2) is 34.1 Å². The lowest BCUT2D eigenvalue weighted by molar-refractivity contribution is 0.0732. The lowest BCUT2D eigenvalue weighted by Gasteiger charge is -2.24. The highest BCUT2D eigenvalue weighted by molar-refractivity contribution is 6.04. The molecular weight excluding hydrogens is 254 g/mol. The van der Waals surface area contributed by atoms with Gasteiger partial charge in [-0.15, -0.1) is 0 Å². The maximum absolute atomic E-state index is 12.5. The standard InChI is InChI=1S/C15H19N3O2/c1-4-7-10(2)18(3)15(20)13-11-8-5-6-9-12(11)14(19)17-16-13/h5-6,8-10H,4,7H2,1-3H3,(H,17,19). The van der Waals surface area contributed by atoms with Gasteiger partial charge < -0.3 is 4.90 Å². The number of amides is 1. The zero-order chi connectivity index (χ0) is 14.7. The van der Waals surface area contributed by atoms with Gasteiger partial charge in [-0.2, -0.15) is 5.10 Å². The molecule has 1 unspecified atom stereocenters. The molecule has 0 aliphatic heterocycles. The lowest BCUT2D eigenvalue weighted by Crippen LogP contribution is -2.36. The summed E-state index contributed by atoms with van der Waals surface area (Å²) in [7, 11) is 1.77. The number of hydrogen-bond acceptors (Lipinski definition) is 3. The van der Waals surface area contributed by atoms with E-state index >= 15 is 0 Å². The topological polar surface area (TPSA) is 66.1 Å². The minimum Gasteiger partial charge on any atom is -0.338 e. The molecule has 0 aliphatic rings. The number of fused-ring (bicyclic) bond motifs is 1. The average Bonchev–Trinajstić information content (AvgIpc) is 2.47. The first-order valence-corrected chi connectivity index (χ1v) is 6.80. The minimum atomic E-state index is -0.276. The van der Waals surface area contributed by atoms with Crippen LogP contribution in [0, 0.1) is 0 Å². The molecule has 1 aromatic carbocycles. The first-order valence-electron chi connectivity index (χ1n) is 6.80. The molecule has 0 saturated carbocycles. The van der Waals surface area contributed by atoms with E-state index in [0.29, 0.717) is 16.5 Å². The summed E-state index contributed by atoms with van der Waals surface area (Å²) in [4.78, 5) is 25.9. The second kappa shape index (κ2) is 5.86. The molecule has 0 saturated heterocycles. The minimum absolute atomic E-state index is 0.139. The van der Waals surface area contributed by atoms with E-state index in [1.54, 1.807) is 36.2 Å². The number of nitrogens with one attached hydrogen (secondary N) is 1. The van der Waals surface area contributed by atoms with Crippen molar-refractivity contribution in [3.05, 3.63) is 40.3 Å². The summed E-state index contributed by atoms with van der Waals surface area (Å²) in [5.41, 5.74) is 0.0204. The number of carbonyl (C=O) groups is 1. The molecule has 20 heavy (non-hydrogen) atoms. The Morgan fingerprint density at radius 3 is 2.65 bits per heavy atom. The summed E-state index contributed by atoms with van der Waals surface area (Å²) in [6.07, 6.45) is 1.95. The number of benzene rings is 1. The molecule has 2 rings (SSSR count). The van der Waals surface area contributed by atoms with Crippen molar-refractivity contribution in [1.82, 2.24) is 15.1 Å². The Bertz CT molecular complexity index is 678. The van der Waals surface area contributed by atoms with Crippen molar-refractivity contribution in [2.24, 2.45) is 0 Å². The van der Waals surface area contributed by atoms with E-state index in [-0.39, 0.29) is 17.5 Å². The quantitative estimate of drug-likeness (QED) is 0.928. The molecule has 1 amide bonds. The van der Waals surface area contributed by atoms with Crippen LogP contribution in [0.15, 0.2) is 29.1 Å². The normalized spacial score (nSPS) is 12.3. The van der Waals surface area contributed by atoms with E-state index in [1.807, 2.05) is 6.92 Å². The third-order valence-electron chi connectivity index (χ3n) is 3.59. The summed E-state index contributed by atoms with van der Waals surface area (Å²) in [5, 5.41) is 7.42. The number of carbonyl (C=O) groups excluding carboxylic acids is 1. The van der Waals surface area contributed by atoms with Crippen molar-refractivity contribution in [2.75, 3.05) is 7.05 Å². The molecule has 0 aliphatic carbocycles. The van der Waals surface area contributed by atoms with Gasteiger partial charge in [-0.3, -0.25) is 9.59 Å². The van der Waals surface area contributed by atoms with Crippen molar-refractivity contribution in [3.63, 3.8) is 0 Å². The number of H-pyrrole nitrogens is 1. The lowest BCUT2D eigenvalue weighted by atomic mass is 10.1. The molecule has 1 N–H and O–H groups in total. The average molecular weight is 273 g/mol. The van der Waals surface area contributed by atoms with Crippen LogP contribution in [0.4, 0.5) is 0 Å². The van der Waals surface area contributed by atoms with E-state index in [1.165, 1.54) is 0 Å². The maximum atomic E-state index is 12.5. The summed E-state index contributed by atoms with van der Waals surface area (Å²) in [6, 6.07) is 7.16. The van der Waals surface area contributed by atoms with Gasteiger partial charge in [-0.25, -0.2) is 5.10 Å². The monoisotopic (exact) mass is 273 g/mol. The van der Waals surface area contributed by atoms with Crippen LogP contribution < -0.4 is 5.56 Å². The predicted octanol–water partition coefficient (Wildman–Crippen LogP) is 2.18. The SMILES string of the molecule is CCCC(C)N(C)C(=O)c1n[nH]c(=O)c2ccccc12. The molecule has 0 radical (unpaired) electrons. The molecule has 1 heterocycles. The fourth-order valence-corrected chi connectivity index (χ4v) is 2.26. The third-order valence-corrected chi connectivity index (χ3v) is 3.59. The largest absolute Gasteiger partial charge is 0.338 e. The van der Waals surface area contributed by atoms with E-state index in [4.69, 9.17) is 0 Å². The molecule has 5 nitrogen and oxygen atoms in total. The molecular formula is C15H19N3O2. The number of aromatic amines is 1. The molecule has 0 fully saturated rings. The third kappa shape index (κ3) is 2.57. The summed E-state index contributed by atoms with van der Waals surface area (Å²) >= 11 is 0. The van der Waals surface area contributed by atoms with Crippen molar-refractivity contribution >= 4 is 16.7 Å². The Hall–Kier alpha value is -2.17. The second-order valence-electron chi connectivity index (χ2n) is 5.00. The van der Waals surface area contributed by atoms with E-state index in [9.17, 15) is 9.59 Å². The Morgan fingerprint density at radius 1 is 1.35 bits per heavy atom. The zero-order valence-corrected chi connectivity index (χ0v) is 12.0. The predicted molar refractivity (Wildman–Crippen MR) is 78.8 cm³/mol. The van der Waals surface area contributed by atoms with Crippen LogP contribution in [-0.2, 0) is 0 Å². The van der Waals surface area contributed by atoms with Crippen LogP contribution in [0.3, 0.4) is 0 Å². The van der Waals surface area contributed by atoms with Crippen molar-refractivity contribution in [2.45, 2.75) is 32.7 Å². The van der Waals surface area contributed by atoms with Gasteiger partial charge in [0, 0.05) is 18.5 Å². The Balaban J connectivity index is 2.45. The zero-order valence-electron chi connectivity index (χ0n) is 12.0. The fourth-order valence-electron chi connectivity index (χ4n) is 2.26. The fraction of sp³-hybridized carbons (Fsp3) is 0.400. The van der Waals surface area contributed by atoms with Crippen LogP contribution in [0.5, 0.6) is 0 Å². The molecule has 0 spiro atoms. The number of hydrogen-bond donors (Lipinski definition) is 1. The smallest absolute Gasteiger partial charge is 0.274 e. The van der Waals surface area contributed by atoms with Crippen molar-refractivity contribution in [1.29, 1.82) is 0 Å². The van der Waals surface area contributed by atoms with Crippen LogP contribution in [0.2, 0.25) is 0 Å². The summed E-state index contributed by atoms with van der Waals surface area (Å²) in [6.45, 7) is 4.09. The summed E-state index contributed by atoms with van der Waals surface area (Å²) < 4.78 is 0. The highest BCUT2D eigenvalue weighted by Gasteiger charge is 2.21. The van der Waals surface area contributed by atoms with E-state index in [2.05, 4.69) is 17.1 Å². The maximum Gasteiger partial charge on any atom is 0.274 e. The highest BCUT2D eigenvalue weighted by Crippen LogP contribution is 2.15. The van der Waals surface area contributed by atoms with Crippen molar-refractivity contribution < 1.29 is 4.79 Å². The molecule has 0 bridgehead atoms. The van der Waals surface area contributed by atoms with Crippen LogP contribution in [0.25, 0.3) is 10.8 Å². The molecule has 106 valence electrons. The van der Waals surface area contributed by atoms with Gasteiger partial charge in [-0.1, -0.05) is 31.5 Å². The van der Waals surface area contributed by atoms with Gasteiger partial charge in [0.15, 0.2) is 5.69 Å². The molecule has 1 atom stereocenters. The Labute approximate surface area is 117 Å². The van der Waals surface area contributed by atoms with Gasteiger partial charge in [0.25, 0.3) is 11.5 Å². The van der Waals surface area contributed by atoms with Gasteiger partial charge >= 0.3 is 0 Å². The Kier molecular flexibility index (Phi) is 4.17. The van der Waals surface area contributed by atoms with Gasteiger partial charge in [0.1, 0.15) is 0 Å². The van der Waals surface area contributed by atoms with Gasteiger partial charge in [0.05, 0.1) is 5.39 Å². The summed E-state index contributed by atoms with van der Waals surface area (Å²) in [5.74, 6) is -0.168. The van der Waals surface area contributed by atoms with E-state index in [0.717, 1.165) is 12.8 Å². The van der Waals surface area contributed by atoms with Gasteiger partial charge in [0.2, 0.25) is 0 Å². The first-order chi connectivity index (χ1) is 9.56. The first kappa shape index (κ1) is 14.2. The molecule has 1 aromatic heterocycles. The van der Waals surface area contributed by atoms with Crippen molar-refractivity contribution in [3.8, 4) is 0 Å². The number of aromatic nitrogens is 2. The van der Waals surface area contributed by atoms with Crippen LogP contribution in [0.1, 0.15) is 37.2 Å². The van der Waals surface area contributed by atoms with Gasteiger partial charge in [-0.05, 0) is 19.4 Å². The van der Waals surface area contributed by atoms with Crippen LogP contribution >= 0.6 is 0 Å². The number of nitrogens with zero attached hydrogens (tertiary/aromatic N) is 2. The highest BCUT2D eigenvalue weighted by atomic mass is 16.2. The number of rotatable bonds is 4. The molecule has 5 heteroatoms. The Morgan fingerprint density at radius 2 is 2.00 bits per heavy atom.